The van der Waals surface area contributed by atoms with Crippen molar-refractivity contribution < 1.29 is 4.79 Å². The number of nitrogens with one attached hydrogen (secondary N) is 1. The van der Waals surface area contributed by atoms with Crippen LogP contribution in [0.1, 0.15) is 22.0 Å². The molecule has 3 atom stereocenters. The van der Waals surface area contributed by atoms with Crippen molar-refractivity contribution in [3.8, 4) is 0 Å². The van der Waals surface area contributed by atoms with Crippen LogP contribution in [0.4, 0.5) is 0 Å². The molecule has 2 fully saturated rings. The van der Waals surface area contributed by atoms with Crippen molar-refractivity contribution in [1.29, 1.82) is 0 Å². The Morgan fingerprint density at radius 2 is 1.96 bits per heavy atom. The van der Waals surface area contributed by atoms with Gasteiger partial charge in [0.15, 0.2) is 0 Å². The SMILES string of the molecule is CN1C[C@H]2CN(C(=O)c3c[nH]c(=O)c(Cl)c3)C[C@H]2[C@@H]1c1ccccc1. The van der Waals surface area contributed by atoms with Crippen LogP contribution in [0.15, 0.2) is 47.4 Å². The molecular formula is C19H20ClN3O2. The van der Waals surface area contributed by atoms with Crippen LogP contribution in [0, 0.1) is 11.8 Å². The Labute approximate surface area is 151 Å². The molecular weight excluding hydrogens is 338 g/mol. The zero-order valence-electron chi connectivity index (χ0n) is 14.0. The third-order valence-corrected chi connectivity index (χ3v) is 5.71. The predicted octanol–water partition coefficient (Wildman–Crippen LogP) is 2.40. The summed E-state index contributed by atoms with van der Waals surface area (Å²) >= 11 is 5.86. The number of rotatable bonds is 2. The second kappa shape index (κ2) is 6.32. The van der Waals surface area contributed by atoms with E-state index in [1.54, 1.807) is 0 Å². The molecule has 5 nitrogen and oxygen atoms in total. The van der Waals surface area contributed by atoms with Gasteiger partial charge < -0.3 is 9.88 Å². The summed E-state index contributed by atoms with van der Waals surface area (Å²) in [4.78, 5) is 31.0. The van der Waals surface area contributed by atoms with E-state index in [9.17, 15) is 9.59 Å². The van der Waals surface area contributed by atoms with E-state index >= 15 is 0 Å². The molecule has 1 aromatic heterocycles. The van der Waals surface area contributed by atoms with Crippen LogP contribution in [0.5, 0.6) is 0 Å². The van der Waals surface area contributed by atoms with Gasteiger partial charge in [-0.25, -0.2) is 0 Å². The van der Waals surface area contributed by atoms with Crippen molar-refractivity contribution in [3.63, 3.8) is 0 Å². The number of pyridine rings is 1. The quantitative estimate of drug-likeness (QED) is 0.898. The number of hydrogen-bond donors (Lipinski definition) is 1. The Bertz CT molecular complexity index is 851. The molecule has 0 radical (unpaired) electrons. The van der Waals surface area contributed by atoms with E-state index in [1.165, 1.54) is 17.8 Å². The van der Waals surface area contributed by atoms with Gasteiger partial charge >= 0.3 is 0 Å². The van der Waals surface area contributed by atoms with Crippen molar-refractivity contribution in [1.82, 2.24) is 14.8 Å². The summed E-state index contributed by atoms with van der Waals surface area (Å²) in [6, 6.07) is 12.3. The molecule has 0 spiro atoms. The van der Waals surface area contributed by atoms with Gasteiger partial charge in [-0.15, -0.1) is 0 Å². The molecule has 0 saturated carbocycles. The maximum atomic E-state index is 12.8. The summed E-state index contributed by atoms with van der Waals surface area (Å²) in [7, 11) is 2.16. The fourth-order valence-corrected chi connectivity index (χ4v) is 4.51. The minimum atomic E-state index is -0.373. The minimum Gasteiger partial charge on any atom is -0.338 e. The van der Waals surface area contributed by atoms with Crippen molar-refractivity contribution in [3.05, 3.63) is 69.1 Å². The van der Waals surface area contributed by atoms with Crippen LogP contribution in [0.2, 0.25) is 5.02 Å². The van der Waals surface area contributed by atoms with Crippen LogP contribution < -0.4 is 5.56 Å². The molecule has 4 rings (SSSR count). The fraction of sp³-hybridized carbons (Fsp3) is 0.368. The van der Waals surface area contributed by atoms with Gasteiger partial charge in [0, 0.05) is 37.8 Å². The lowest BCUT2D eigenvalue weighted by Gasteiger charge is -2.27. The number of aromatic nitrogens is 1. The summed E-state index contributed by atoms with van der Waals surface area (Å²) < 4.78 is 0. The standard InChI is InChI=1S/C19H20ClN3O2/c1-22-9-14-10-23(19(25)13-7-16(20)18(24)21-8-13)11-15(14)17(22)12-5-3-2-4-6-12/h2-8,14-15,17H,9-11H2,1H3,(H,21,24)/t14-,15+,17-/m0/s1. The summed E-state index contributed by atoms with van der Waals surface area (Å²) in [5.74, 6) is 0.828. The fourth-order valence-electron chi connectivity index (χ4n) is 4.34. The smallest absolute Gasteiger partial charge is 0.266 e. The van der Waals surface area contributed by atoms with Crippen LogP contribution in [-0.4, -0.2) is 47.4 Å². The highest BCUT2D eigenvalue weighted by molar-refractivity contribution is 6.30. The first-order valence-corrected chi connectivity index (χ1v) is 8.85. The van der Waals surface area contributed by atoms with E-state index in [2.05, 4.69) is 41.2 Å². The van der Waals surface area contributed by atoms with Gasteiger partial charge in [-0.05, 0) is 24.6 Å². The highest BCUT2D eigenvalue weighted by atomic mass is 35.5. The number of amides is 1. The van der Waals surface area contributed by atoms with E-state index in [4.69, 9.17) is 11.6 Å². The van der Waals surface area contributed by atoms with Crippen molar-refractivity contribution in [2.75, 3.05) is 26.7 Å². The Morgan fingerprint density at radius 1 is 1.20 bits per heavy atom. The summed E-state index contributed by atoms with van der Waals surface area (Å²) in [5.41, 5.74) is 1.37. The van der Waals surface area contributed by atoms with Gasteiger partial charge in [0.1, 0.15) is 5.02 Å². The number of aromatic amines is 1. The zero-order valence-corrected chi connectivity index (χ0v) is 14.7. The van der Waals surface area contributed by atoms with Crippen LogP contribution in [0.25, 0.3) is 0 Å². The molecule has 6 heteroatoms. The normalized spacial score (nSPS) is 26.0. The highest BCUT2D eigenvalue weighted by Gasteiger charge is 2.47. The summed E-state index contributed by atoms with van der Waals surface area (Å²) in [5, 5.41) is 0.0483. The second-order valence-electron chi connectivity index (χ2n) is 6.99. The number of halogens is 1. The second-order valence-corrected chi connectivity index (χ2v) is 7.40. The lowest BCUT2D eigenvalue weighted by Crippen LogP contribution is -2.33. The minimum absolute atomic E-state index is 0.0483. The molecule has 25 heavy (non-hydrogen) atoms. The lowest BCUT2D eigenvalue weighted by atomic mass is 9.90. The number of H-pyrrole nitrogens is 1. The van der Waals surface area contributed by atoms with Gasteiger partial charge in [-0.1, -0.05) is 41.9 Å². The van der Waals surface area contributed by atoms with Crippen LogP contribution in [-0.2, 0) is 0 Å². The third kappa shape index (κ3) is 2.87. The van der Waals surface area contributed by atoms with Crippen LogP contribution >= 0.6 is 11.6 Å². The van der Waals surface area contributed by atoms with E-state index in [1.807, 2.05) is 11.0 Å². The average molecular weight is 358 g/mol. The highest BCUT2D eigenvalue weighted by Crippen LogP contribution is 2.44. The Balaban J connectivity index is 1.55. The number of benzene rings is 1. The molecule has 2 aliphatic rings. The molecule has 1 N–H and O–H groups in total. The molecule has 1 aromatic carbocycles. The number of fused-ring (bicyclic) bond motifs is 1. The van der Waals surface area contributed by atoms with Crippen molar-refractivity contribution >= 4 is 17.5 Å². The van der Waals surface area contributed by atoms with E-state index < -0.39 is 0 Å². The zero-order chi connectivity index (χ0) is 17.6. The largest absolute Gasteiger partial charge is 0.338 e. The van der Waals surface area contributed by atoms with Crippen molar-refractivity contribution in [2.24, 2.45) is 11.8 Å². The predicted molar refractivity (Wildman–Crippen MR) is 96.8 cm³/mol. The first-order chi connectivity index (χ1) is 12.0. The lowest BCUT2D eigenvalue weighted by molar-refractivity contribution is 0.0767. The molecule has 2 aromatic rings. The topological polar surface area (TPSA) is 56.4 Å². The molecule has 3 heterocycles. The molecule has 130 valence electrons. The number of carbonyl (C=O) groups excluding carboxylic acids is 1. The maximum absolute atomic E-state index is 12.8. The van der Waals surface area contributed by atoms with Crippen molar-refractivity contribution in [2.45, 2.75) is 6.04 Å². The van der Waals surface area contributed by atoms with Gasteiger partial charge in [0.2, 0.25) is 0 Å². The molecule has 2 saturated heterocycles. The van der Waals surface area contributed by atoms with E-state index in [-0.39, 0.29) is 16.5 Å². The molecule has 1 amide bonds. The first-order valence-electron chi connectivity index (χ1n) is 8.47. The average Bonchev–Trinajstić information content (AvgIpc) is 3.14. The molecule has 0 aliphatic carbocycles. The number of hydrogen-bond acceptors (Lipinski definition) is 3. The summed E-state index contributed by atoms with van der Waals surface area (Å²) in [6.45, 7) is 2.46. The molecule has 0 bridgehead atoms. The Kier molecular flexibility index (Phi) is 4.13. The first kappa shape index (κ1) is 16.4. The van der Waals surface area contributed by atoms with Gasteiger partial charge in [0.05, 0.1) is 5.56 Å². The number of nitrogens with zero attached hydrogens (tertiary/aromatic N) is 2. The van der Waals surface area contributed by atoms with Gasteiger partial charge in [-0.3, -0.25) is 14.5 Å². The van der Waals surface area contributed by atoms with Crippen LogP contribution in [0.3, 0.4) is 0 Å². The maximum Gasteiger partial charge on any atom is 0.266 e. The Hall–Kier alpha value is -2.11. The van der Waals surface area contributed by atoms with Gasteiger partial charge in [0.25, 0.3) is 11.5 Å². The monoisotopic (exact) mass is 357 g/mol. The third-order valence-electron chi connectivity index (χ3n) is 5.43. The molecule has 0 unspecified atom stereocenters. The number of likely N-dealkylation sites (tertiary alicyclic amines) is 2. The Morgan fingerprint density at radius 3 is 2.68 bits per heavy atom. The molecule has 2 aliphatic heterocycles. The summed E-state index contributed by atoms with van der Waals surface area (Å²) in [6.07, 6.45) is 1.45. The van der Waals surface area contributed by atoms with Gasteiger partial charge in [-0.2, -0.15) is 0 Å². The van der Waals surface area contributed by atoms with E-state index in [0.717, 1.165) is 19.6 Å². The number of carbonyl (C=O) groups is 1. The van der Waals surface area contributed by atoms with E-state index in [0.29, 0.717) is 23.4 Å².